The fourth-order valence-electron chi connectivity index (χ4n) is 1.59. The van der Waals surface area contributed by atoms with E-state index < -0.39 is 21.6 Å². The van der Waals surface area contributed by atoms with Gasteiger partial charge in [0.15, 0.2) is 0 Å². The first-order chi connectivity index (χ1) is 6.37. The molecule has 0 aliphatic carbocycles. The van der Waals surface area contributed by atoms with Crippen LogP contribution in [0.4, 0.5) is 0 Å². The van der Waals surface area contributed by atoms with Crippen molar-refractivity contribution < 1.29 is 20.1 Å². The molecule has 0 bridgehead atoms. The Bertz CT molecular complexity index is 239. The van der Waals surface area contributed by atoms with Gasteiger partial charge in [-0.1, -0.05) is 0 Å². The van der Waals surface area contributed by atoms with Gasteiger partial charge in [0, 0.05) is 4.75 Å². The van der Waals surface area contributed by atoms with E-state index in [2.05, 4.69) is 5.32 Å². The van der Waals surface area contributed by atoms with Gasteiger partial charge in [0.1, 0.15) is 10.9 Å². The zero-order valence-electron chi connectivity index (χ0n) is 8.15. The lowest BCUT2D eigenvalue weighted by molar-refractivity contribution is -0.140. The van der Waals surface area contributed by atoms with E-state index in [1.807, 2.05) is 0 Å². The predicted molar refractivity (Wildman–Crippen MR) is 53.1 cm³/mol. The van der Waals surface area contributed by atoms with Gasteiger partial charge in [0.25, 0.3) is 0 Å². The normalized spacial score (nSPS) is 29.0. The predicted octanol–water partition coefficient (Wildman–Crippen LogP) is -0.765. The molecule has 14 heavy (non-hydrogen) atoms. The summed E-state index contributed by atoms with van der Waals surface area (Å²) in [5.74, 6) is -0.966. The van der Waals surface area contributed by atoms with Crippen molar-refractivity contribution in [1.29, 1.82) is 0 Å². The SMILES string of the molecule is CC1(C)SC(CO)(CO)NC1C(=O)O. The zero-order chi connectivity index (χ0) is 11.0. The minimum absolute atomic E-state index is 0.290. The molecule has 1 aliphatic heterocycles. The summed E-state index contributed by atoms with van der Waals surface area (Å²) < 4.78 is -0.544. The number of aliphatic hydroxyl groups is 2. The van der Waals surface area contributed by atoms with Crippen molar-refractivity contribution in [2.45, 2.75) is 29.5 Å². The van der Waals surface area contributed by atoms with Crippen LogP contribution in [0.2, 0.25) is 0 Å². The van der Waals surface area contributed by atoms with Gasteiger partial charge < -0.3 is 15.3 Å². The van der Waals surface area contributed by atoms with Crippen LogP contribution in [0.3, 0.4) is 0 Å². The van der Waals surface area contributed by atoms with Crippen LogP contribution in [0.15, 0.2) is 0 Å². The fourth-order valence-corrected chi connectivity index (χ4v) is 3.18. The van der Waals surface area contributed by atoms with Crippen molar-refractivity contribution in [3.05, 3.63) is 0 Å². The molecule has 6 heteroatoms. The van der Waals surface area contributed by atoms with Gasteiger partial charge in [-0.05, 0) is 13.8 Å². The third-order valence-electron chi connectivity index (χ3n) is 2.32. The number of thioether (sulfide) groups is 1. The van der Waals surface area contributed by atoms with Gasteiger partial charge in [0.05, 0.1) is 13.2 Å². The van der Waals surface area contributed by atoms with Crippen LogP contribution in [0.25, 0.3) is 0 Å². The maximum atomic E-state index is 10.9. The molecule has 1 unspecified atom stereocenters. The van der Waals surface area contributed by atoms with Crippen LogP contribution in [-0.4, -0.2) is 50.2 Å². The molecule has 1 heterocycles. The largest absolute Gasteiger partial charge is 0.480 e. The average Bonchev–Trinajstić information content (AvgIpc) is 2.38. The standard InChI is InChI=1S/C8H15NO4S/c1-7(2)5(6(12)13)9-8(3-10,4-11)14-7/h5,9-11H,3-4H2,1-2H3,(H,12,13). The zero-order valence-corrected chi connectivity index (χ0v) is 8.97. The Morgan fingerprint density at radius 3 is 2.14 bits per heavy atom. The number of carboxylic acid groups (broad SMARTS) is 1. The summed E-state index contributed by atoms with van der Waals surface area (Å²) in [5.41, 5.74) is 0. The molecule has 0 saturated carbocycles. The summed E-state index contributed by atoms with van der Waals surface area (Å²) in [6, 6.07) is -0.758. The third kappa shape index (κ3) is 1.88. The van der Waals surface area contributed by atoms with Crippen molar-refractivity contribution in [1.82, 2.24) is 5.32 Å². The highest BCUT2D eigenvalue weighted by molar-refractivity contribution is 8.02. The van der Waals surface area contributed by atoms with Gasteiger partial charge in [-0.2, -0.15) is 0 Å². The van der Waals surface area contributed by atoms with Crippen LogP contribution in [0, 0.1) is 0 Å². The minimum atomic E-state index is -0.966. The molecule has 0 aromatic carbocycles. The monoisotopic (exact) mass is 221 g/mol. The van der Waals surface area contributed by atoms with E-state index in [0.717, 1.165) is 0 Å². The number of hydrogen-bond acceptors (Lipinski definition) is 5. The number of aliphatic hydroxyl groups excluding tert-OH is 2. The van der Waals surface area contributed by atoms with E-state index in [1.165, 1.54) is 11.8 Å². The summed E-state index contributed by atoms with van der Waals surface area (Å²) in [7, 11) is 0. The van der Waals surface area contributed by atoms with Gasteiger partial charge in [-0.15, -0.1) is 11.8 Å². The minimum Gasteiger partial charge on any atom is -0.480 e. The van der Waals surface area contributed by atoms with Crippen LogP contribution >= 0.6 is 11.8 Å². The first kappa shape index (κ1) is 11.8. The Kier molecular flexibility index (Phi) is 3.10. The molecule has 82 valence electrons. The Balaban J connectivity index is 2.90. The molecular weight excluding hydrogens is 206 g/mol. The number of carboxylic acids is 1. The van der Waals surface area contributed by atoms with Gasteiger partial charge >= 0.3 is 5.97 Å². The average molecular weight is 221 g/mol. The summed E-state index contributed by atoms with van der Waals surface area (Å²) >= 11 is 1.26. The van der Waals surface area contributed by atoms with Crippen molar-refractivity contribution in [2.24, 2.45) is 0 Å². The summed E-state index contributed by atoms with van der Waals surface area (Å²) in [6.07, 6.45) is 0. The Labute approximate surface area is 86.5 Å². The van der Waals surface area contributed by atoms with E-state index in [-0.39, 0.29) is 13.2 Å². The van der Waals surface area contributed by atoms with Crippen LogP contribution in [0.5, 0.6) is 0 Å². The first-order valence-corrected chi connectivity index (χ1v) is 5.11. The van der Waals surface area contributed by atoms with Crippen LogP contribution in [0.1, 0.15) is 13.8 Å². The molecule has 0 amide bonds. The van der Waals surface area contributed by atoms with E-state index in [1.54, 1.807) is 13.8 Å². The maximum Gasteiger partial charge on any atom is 0.322 e. The highest BCUT2D eigenvalue weighted by atomic mass is 32.2. The summed E-state index contributed by atoms with van der Waals surface area (Å²) in [4.78, 5) is 9.96. The number of hydrogen-bond donors (Lipinski definition) is 4. The van der Waals surface area contributed by atoms with E-state index in [0.29, 0.717) is 0 Å². The third-order valence-corrected chi connectivity index (χ3v) is 3.85. The highest BCUT2D eigenvalue weighted by Crippen LogP contribution is 2.44. The van der Waals surface area contributed by atoms with Crippen molar-refractivity contribution >= 4 is 17.7 Å². The highest BCUT2D eigenvalue weighted by Gasteiger charge is 2.52. The van der Waals surface area contributed by atoms with E-state index in [9.17, 15) is 4.79 Å². The number of carbonyl (C=O) groups is 1. The van der Waals surface area contributed by atoms with Crippen molar-refractivity contribution in [2.75, 3.05) is 13.2 Å². The molecule has 0 aromatic rings. The Morgan fingerprint density at radius 1 is 1.43 bits per heavy atom. The van der Waals surface area contributed by atoms with Gasteiger partial charge in [-0.3, -0.25) is 10.1 Å². The first-order valence-electron chi connectivity index (χ1n) is 4.29. The molecule has 1 aliphatic rings. The molecule has 0 spiro atoms. The second-order valence-corrected chi connectivity index (χ2v) is 5.97. The second kappa shape index (κ2) is 3.69. The van der Waals surface area contributed by atoms with Crippen molar-refractivity contribution in [3.8, 4) is 0 Å². The number of rotatable bonds is 3. The molecule has 1 fully saturated rings. The smallest absolute Gasteiger partial charge is 0.322 e. The van der Waals surface area contributed by atoms with Gasteiger partial charge in [-0.25, -0.2) is 0 Å². The Hall–Kier alpha value is -0.300. The molecule has 0 radical (unpaired) electrons. The molecule has 5 nitrogen and oxygen atoms in total. The lowest BCUT2D eigenvalue weighted by Crippen LogP contribution is -2.51. The molecule has 0 aromatic heterocycles. The van der Waals surface area contributed by atoms with E-state index >= 15 is 0 Å². The fraction of sp³-hybridized carbons (Fsp3) is 0.875. The number of nitrogens with one attached hydrogen (secondary N) is 1. The Morgan fingerprint density at radius 2 is 1.93 bits per heavy atom. The quantitative estimate of drug-likeness (QED) is 0.501. The molecular formula is C8H15NO4S. The topological polar surface area (TPSA) is 89.8 Å². The molecule has 1 atom stereocenters. The van der Waals surface area contributed by atoms with Gasteiger partial charge in [0.2, 0.25) is 0 Å². The molecule has 4 N–H and O–H groups in total. The van der Waals surface area contributed by atoms with Crippen LogP contribution < -0.4 is 5.32 Å². The number of aliphatic carboxylic acids is 1. The summed E-state index contributed by atoms with van der Waals surface area (Å²) in [6.45, 7) is 2.97. The molecule has 1 rings (SSSR count). The lowest BCUT2D eigenvalue weighted by Gasteiger charge is -2.24. The summed E-state index contributed by atoms with van der Waals surface area (Å²) in [5, 5.41) is 29.9. The van der Waals surface area contributed by atoms with Crippen LogP contribution in [-0.2, 0) is 4.79 Å². The second-order valence-electron chi connectivity index (χ2n) is 3.93. The molecule has 1 saturated heterocycles. The lowest BCUT2D eigenvalue weighted by atomic mass is 10.0. The van der Waals surface area contributed by atoms with E-state index in [4.69, 9.17) is 15.3 Å². The maximum absolute atomic E-state index is 10.9. The van der Waals surface area contributed by atoms with Crippen molar-refractivity contribution in [3.63, 3.8) is 0 Å².